The third-order valence-electron chi connectivity index (χ3n) is 3.90. The van der Waals surface area contributed by atoms with Crippen molar-refractivity contribution in [1.29, 1.82) is 0 Å². The van der Waals surface area contributed by atoms with Crippen molar-refractivity contribution < 1.29 is 9.53 Å². The van der Waals surface area contributed by atoms with Crippen molar-refractivity contribution in [1.82, 2.24) is 4.90 Å². The maximum absolute atomic E-state index is 12.7. The van der Waals surface area contributed by atoms with Gasteiger partial charge in [0.05, 0.1) is 13.2 Å². The molecule has 1 fully saturated rings. The molecule has 3 rings (SSSR count). The first-order chi connectivity index (χ1) is 10.3. The predicted molar refractivity (Wildman–Crippen MR) is 82.2 cm³/mol. The first kappa shape index (κ1) is 13.8. The van der Waals surface area contributed by atoms with E-state index < -0.39 is 0 Å². The lowest BCUT2D eigenvalue weighted by Gasteiger charge is -2.33. The van der Waals surface area contributed by atoms with Crippen LogP contribution < -0.4 is 0 Å². The van der Waals surface area contributed by atoms with Crippen LogP contribution in [0.15, 0.2) is 54.6 Å². The molecule has 1 saturated heterocycles. The number of carbonyl (C=O) groups is 1. The Balaban J connectivity index is 1.77. The topological polar surface area (TPSA) is 29.5 Å². The molecule has 3 nitrogen and oxygen atoms in total. The third-order valence-corrected chi connectivity index (χ3v) is 3.90. The lowest BCUT2D eigenvalue weighted by molar-refractivity contribution is -0.0228. The summed E-state index contributed by atoms with van der Waals surface area (Å²) in [5.74, 6) is 0.0948. The summed E-state index contributed by atoms with van der Waals surface area (Å²) in [6, 6.07) is 17.8. The summed E-state index contributed by atoms with van der Waals surface area (Å²) >= 11 is 0. The monoisotopic (exact) mass is 281 g/mol. The fraction of sp³-hybridized carbons (Fsp3) is 0.278. The molecular weight excluding hydrogens is 262 g/mol. The first-order valence-corrected chi connectivity index (χ1v) is 7.27. The highest BCUT2D eigenvalue weighted by Gasteiger charge is 2.26. The van der Waals surface area contributed by atoms with Gasteiger partial charge in [-0.2, -0.15) is 0 Å². The smallest absolute Gasteiger partial charge is 0.254 e. The average Bonchev–Trinajstić information content (AvgIpc) is 2.56. The highest BCUT2D eigenvalue weighted by Crippen LogP contribution is 2.23. The zero-order chi connectivity index (χ0) is 14.7. The summed E-state index contributed by atoms with van der Waals surface area (Å²) in [7, 11) is 0. The second-order valence-electron chi connectivity index (χ2n) is 5.34. The minimum atomic E-state index is -0.0343. The highest BCUT2D eigenvalue weighted by atomic mass is 16.5. The quantitative estimate of drug-likeness (QED) is 0.846. The van der Waals surface area contributed by atoms with Gasteiger partial charge in [0.1, 0.15) is 6.10 Å². The number of ether oxygens (including phenoxy) is 1. The molecule has 108 valence electrons. The van der Waals surface area contributed by atoms with Gasteiger partial charge in [0.15, 0.2) is 0 Å². The van der Waals surface area contributed by atoms with Crippen LogP contribution >= 0.6 is 0 Å². The maximum Gasteiger partial charge on any atom is 0.254 e. The molecule has 0 saturated carbocycles. The molecule has 0 aromatic heterocycles. The molecule has 1 aliphatic rings. The number of carbonyl (C=O) groups excluding carboxylic acids is 1. The largest absolute Gasteiger partial charge is 0.370 e. The zero-order valence-electron chi connectivity index (χ0n) is 12.2. The Kier molecular flexibility index (Phi) is 4.02. The fourth-order valence-corrected chi connectivity index (χ4v) is 2.69. The Bertz CT molecular complexity index is 624. The number of rotatable bonds is 2. The molecular formula is C18H19NO2. The predicted octanol–water partition coefficient (Wildman–Crippen LogP) is 3.21. The van der Waals surface area contributed by atoms with Crippen molar-refractivity contribution in [3.8, 4) is 0 Å². The van der Waals surface area contributed by atoms with E-state index in [0.29, 0.717) is 19.7 Å². The van der Waals surface area contributed by atoms with E-state index in [1.54, 1.807) is 0 Å². The van der Waals surface area contributed by atoms with Gasteiger partial charge >= 0.3 is 0 Å². The normalized spacial score (nSPS) is 18.5. The lowest BCUT2D eigenvalue weighted by Crippen LogP contribution is -2.42. The van der Waals surface area contributed by atoms with Crippen LogP contribution in [0.1, 0.15) is 27.6 Å². The summed E-state index contributed by atoms with van der Waals surface area (Å²) in [5.41, 5.74) is 2.93. The van der Waals surface area contributed by atoms with Crippen LogP contribution in [0.5, 0.6) is 0 Å². The van der Waals surface area contributed by atoms with Crippen LogP contribution in [-0.4, -0.2) is 30.5 Å². The number of nitrogens with zero attached hydrogens (tertiary/aromatic N) is 1. The number of benzene rings is 2. The Morgan fingerprint density at radius 3 is 2.57 bits per heavy atom. The van der Waals surface area contributed by atoms with Gasteiger partial charge in [-0.05, 0) is 24.1 Å². The fourth-order valence-electron chi connectivity index (χ4n) is 2.69. The van der Waals surface area contributed by atoms with Gasteiger partial charge in [-0.1, -0.05) is 48.5 Å². The van der Waals surface area contributed by atoms with Crippen molar-refractivity contribution in [2.75, 3.05) is 19.7 Å². The Morgan fingerprint density at radius 1 is 1.10 bits per heavy atom. The molecule has 0 unspecified atom stereocenters. The molecule has 1 heterocycles. The van der Waals surface area contributed by atoms with Crippen molar-refractivity contribution in [2.45, 2.75) is 13.0 Å². The second kappa shape index (κ2) is 6.10. The number of amides is 1. The summed E-state index contributed by atoms with van der Waals surface area (Å²) < 4.78 is 5.82. The first-order valence-electron chi connectivity index (χ1n) is 7.27. The maximum atomic E-state index is 12.7. The van der Waals surface area contributed by atoms with Gasteiger partial charge in [0, 0.05) is 12.1 Å². The van der Waals surface area contributed by atoms with Crippen molar-refractivity contribution >= 4 is 5.91 Å². The standard InChI is InChI=1S/C18H19NO2/c1-14-7-5-6-10-16(14)18(20)19-11-12-21-17(13-19)15-8-3-2-4-9-15/h2-10,17H,11-13H2,1H3/t17-/m1/s1. The molecule has 21 heavy (non-hydrogen) atoms. The number of aryl methyl sites for hydroxylation is 1. The van der Waals surface area contributed by atoms with Crippen LogP contribution in [0, 0.1) is 6.92 Å². The minimum absolute atomic E-state index is 0.0343. The Hall–Kier alpha value is -2.13. The molecule has 2 aromatic rings. The highest BCUT2D eigenvalue weighted by molar-refractivity contribution is 5.95. The van der Waals surface area contributed by atoms with Crippen LogP contribution in [-0.2, 0) is 4.74 Å². The van der Waals surface area contributed by atoms with E-state index in [1.165, 1.54) is 0 Å². The van der Waals surface area contributed by atoms with E-state index in [9.17, 15) is 4.79 Å². The van der Waals surface area contributed by atoms with Crippen LogP contribution in [0.4, 0.5) is 0 Å². The molecule has 0 aliphatic carbocycles. The SMILES string of the molecule is Cc1ccccc1C(=O)N1CCO[C@@H](c2ccccc2)C1. The number of hydrogen-bond donors (Lipinski definition) is 0. The zero-order valence-corrected chi connectivity index (χ0v) is 12.2. The van der Waals surface area contributed by atoms with Crippen molar-refractivity contribution in [3.63, 3.8) is 0 Å². The van der Waals surface area contributed by atoms with Gasteiger partial charge < -0.3 is 9.64 Å². The number of morpholine rings is 1. The summed E-state index contributed by atoms with van der Waals surface area (Å²) in [6.07, 6.45) is -0.0343. The van der Waals surface area contributed by atoms with Gasteiger partial charge in [-0.25, -0.2) is 0 Å². The van der Waals surface area contributed by atoms with Gasteiger partial charge in [0.2, 0.25) is 0 Å². The van der Waals surface area contributed by atoms with E-state index in [4.69, 9.17) is 4.74 Å². The van der Waals surface area contributed by atoms with E-state index in [1.807, 2.05) is 66.4 Å². The van der Waals surface area contributed by atoms with Crippen molar-refractivity contribution in [3.05, 3.63) is 71.3 Å². The molecule has 1 amide bonds. The Labute approximate surface area is 125 Å². The summed E-state index contributed by atoms with van der Waals surface area (Å²) in [4.78, 5) is 14.6. The van der Waals surface area contributed by atoms with Crippen molar-refractivity contribution in [2.24, 2.45) is 0 Å². The minimum Gasteiger partial charge on any atom is -0.370 e. The second-order valence-corrected chi connectivity index (χ2v) is 5.34. The molecule has 2 aromatic carbocycles. The van der Waals surface area contributed by atoms with E-state index in [0.717, 1.165) is 16.7 Å². The van der Waals surface area contributed by atoms with Crippen LogP contribution in [0.3, 0.4) is 0 Å². The van der Waals surface area contributed by atoms with E-state index in [2.05, 4.69) is 0 Å². The van der Waals surface area contributed by atoms with E-state index in [-0.39, 0.29) is 12.0 Å². The van der Waals surface area contributed by atoms with Crippen LogP contribution in [0.25, 0.3) is 0 Å². The van der Waals surface area contributed by atoms with E-state index >= 15 is 0 Å². The molecule has 0 spiro atoms. The summed E-state index contributed by atoms with van der Waals surface area (Å²) in [6.45, 7) is 3.81. The molecule has 0 radical (unpaired) electrons. The Morgan fingerprint density at radius 2 is 1.81 bits per heavy atom. The lowest BCUT2D eigenvalue weighted by atomic mass is 10.1. The number of hydrogen-bond acceptors (Lipinski definition) is 2. The van der Waals surface area contributed by atoms with Gasteiger partial charge in [0.25, 0.3) is 5.91 Å². The molecule has 0 bridgehead atoms. The molecule has 0 N–H and O–H groups in total. The van der Waals surface area contributed by atoms with Gasteiger partial charge in [-0.3, -0.25) is 4.79 Å². The van der Waals surface area contributed by atoms with Crippen LogP contribution in [0.2, 0.25) is 0 Å². The molecule has 1 atom stereocenters. The molecule has 3 heteroatoms. The molecule has 1 aliphatic heterocycles. The summed E-state index contributed by atoms with van der Waals surface area (Å²) in [5, 5.41) is 0. The third kappa shape index (κ3) is 2.98. The average molecular weight is 281 g/mol. The van der Waals surface area contributed by atoms with Gasteiger partial charge in [-0.15, -0.1) is 0 Å².